The van der Waals surface area contributed by atoms with Crippen molar-refractivity contribution in [2.45, 2.75) is 39.0 Å². The third-order valence-electron chi connectivity index (χ3n) is 5.42. The van der Waals surface area contributed by atoms with Crippen LogP contribution in [0.4, 0.5) is 4.79 Å². The molecule has 0 bridgehead atoms. The van der Waals surface area contributed by atoms with Crippen LogP contribution in [0.1, 0.15) is 36.9 Å². The highest BCUT2D eigenvalue weighted by atomic mass is 16.4. The van der Waals surface area contributed by atoms with Gasteiger partial charge in [-0.1, -0.05) is 6.42 Å². The molecule has 2 aliphatic rings. The lowest BCUT2D eigenvalue weighted by Gasteiger charge is -2.23. The van der Waals surface area contributed by atoms with Gasteiger partial charge in [0, 0.05) is 25.3 Å². The van der Waals surface area contributed by atoms with Gasteiger partial charge >= 0.3 is 12.0 Å². The number of carbonyl (C=O) groups is 2. The van der Waals surface area contributed by atoms with Crippen molar-refractivity contribution in [3.05, 3.63) is 17.5 Å². The Kier molecular flexibility index (Phi) is 4.28. The lowest BCUT2D eigenvalue weighted by atomic mass is 9.81. The zero-order chi connectivity index (χ0) is 16.4. The van der Waals surface area contributed by atoms with E-state index in [1.807, 2.05) is 13.1 Å². The molecule has 0 radical (unpaired) electrons. The molecule has 2 amide bonds. The van der Waals surface area contributed by atoms with Gasteiger partial charge in [0.15, 0.2) is 0 Å². The summed E-state index contributed by atoms with van der Waals surface area (Å²) in [5, 5.41) is 19.3. The third kappa shape index (κ3) is 2.92. The van der Waals surface area contributed by atoms with E-state index in [0.717, 1.165) is 31.4 Å². The highest BCUT2D eigenvalue weighted by molar-refractivity contribution is 5.80. The lowest BCUT2D eigenvalue weighted by molar-refractivity contribution is -0.149. The van der Waals surface area contributed by atoms with Crippen molar-refractivity contribution in [2.24, 2.45) is 11.3 Å². The maximum Gasteiger partial charge on any atom is 0.317 e. The van der Waals surface area contributed by atoms with Crippen LogP contribution in [0.3, 0.4) is 0 Å². The van der Waals surface area contributed by atoms with Crippen LogP contribution >= 0.6 is 0 Å². The number of amides is 2. The number of fused-ring (bicyclic) bond motifs is 1. The number of urea groups is 1. The molecule has 2 atom stereocenters. The Labute approximate surface area is 135 Å². The second-order valence-electron chi connectivity index (χ2n) is 6.79. The van der Waals surface area contributed by atoms with Gasteiger partial charge in [-0.2, -0.15) is 5.10 Å². The molecule has 0 spiro atoms. The largest absolute Gasteiger partial charge is 0.481 e. The number of H-pyrrole nitrogens is 1. The molecule has 1 aromatic rings. The Balaban J connectivity index is 1.46. The molecule has 3 rings (SSSR count). The van der Waals surface area contributed by atoms with Crippen LogP contribution in [0, 0.1) is 18.3 Å². The van der Waals surface area contributed by atoms with Crippen molar-refractivity contribution in [3.63, 3.8) is 0 Å². The summed E-state index contributed by atoms with van der Waals surface area (Å²) in [6.45, 7) is 3.48. The number of hydrogen-bond donors (Lipinski definition) is 3. The molecule has 7 heteroatoms. The molecule has 1 saturated carbocycles. The molecule has 2 heterocycles. The van der Waals surface area contributed by atoms with Crippen molar-refractivity contribution in [1.29, 1.82) is 0 Å². The summed E-state index contributed by atoms with van der Waals surface area (Å²) >= 11 is 0. The molecular formula is C16H24N4O3. The number of carbonyl (C=O) groups excluding carboxylic acids is 1. The first-order valence-electron chi connectivity index (χ1n) is 8.28. The fourth-order valence-electron chi connectivity index (χ4n) is 4.01. The number of rotatable bonds is 5. The number of nitrogens with one attached hydrogen (secondary N) is 2. The van der Waals surface area contributed by atoms with Crippen LogP contribution in [0.5, 0.6) is 0 Å². The average molecular weight is 320 g/mol. The molecule has 1 saturated heterocycles. The molecular weight excluding hydrogens is 296 g/mol. The van der Waals surface area contributed by atoms with Gasteiger partial charge in [-0.3, -0.25) is 9.89 Å². The van der Waals surface area contributed by atoms with E-state index in [1.165, 1.54) is 5.56 Å². The number of likely N-dealkylation sites (tertiary alicyclic amines) is 1. The topological polar surface area (TPSA) is 98.3 Å². The first-order valence-corrected chi connectivity index (χ1v) is 8.28. The zero-order valence-electron chi connectivity index (χ0n) is 13.5. The number of aryl methyl sites for hydroxylation is 2. The average Bonchev–Trinajstić information content (AvgIpc) is 3.17. The number of aromatic amines is 1. The van der Waals surface area contributed by atoms with Crippen LogP contribution in [0.2, 0.25) is 0 Å². The number of aliphatic carboxylic acids is 1. The van der Waals surface area contributed by atoms with Crippen molar-refractivity contribution < 1.29 is 14.7 Å². The normalized spacial score (nSPS) is 26.3. The van der Waals surface area contributed by atoms with Crippen molar-refractivity contribution >= 4 is 12.0 Å². The van der Waals surface area contributed by atoms with Crippen molar-refractivity contribution in [1.82, 2.24) is 20.4 Å². The van der Waals surface area contributed by atoms with E-state index < -0.39 is 11.4 Å². The van der Waals surface area contributed by atoms with Crippen LogP contribution in [0.25, 0.3) is 0 Å². The van der Waals surface area contributed by atoms with Crippen molar-refractivity contribution in [2.75, 3.05) is 19.6 Å². The van der Waals surface area contributed by atoms with Crippen LogP contribution < -0.4 is 5.32 Å². The summed E-state index contributed by atoms with van der Waals surface area (Å²) in [7, 11) is 0. The fraction of sp³-hybridized carbons (Fsp3) is 0.688. The van der Waals surface area contributed by atoms with Gasteiger partial charge in [-0.25, -0.2) is 4.79 Å². The maximum atomic E-state index is 12.3. The highest BCUT2D eigenvalue weighted by Gasteiger charge is 2.55. The Bertz CT molecular complexity index is 600. The van der Waals surface area contributed by atoms with Gasteiger partial charge in [0.05, 0.1) is 11.6 Å². The van der Waals surface area contributed by atoms with Gasteiger partial charge in [0.1, 0.15) is 0 Å². The van der Waals surface area contributed by atoms with E-state index in [1.54, 1.807) is 4.90 Å². The van der Waals surface area contributed by atoms with E-state index in [9.17, 15) is 14.7 Å². The molecule has 126 valence electrons. The second-order valence-corrected chi connectivity index (χ2v) is 6.79. The first kappa shape index (κ1) is 15.8. The summed E-state index contributed by atoms with van der Waals surface area (Å²) in [6.07, 6.45) is 6.08. The number of nitrogens with zero attached hydrogens (tertiary/aromatic N) is 2. The Morgan fingerprint density at radius 2 is 2.39 bits per heavy atom. The molecule has 1 aliphatic carbocycles. The molecule has 2 fully saturated rings. The quantitative estimate of drug-likeness (QED) is 0.717. The molecule has 1 aliphatic heterocycles. The van der Waals surface area contributed by atoms with Gasteiger partial charge in [-0.05, 0) is 44.1 Å². The standard InChI is InChI=1S/C16H24N4O3/c1-11-12(8-18-19-11)4-3-7-17-15(23)20-9-13-5-2-6-16(13,10-20)14(21)22/h8,13H,2-7,9-10H2,1H3,(H,17,23)(H,18,19)(H,21,22)/t13-,16+/m0/s1. The zero-order valence-corrected chi connectivity index (χ0v) is 13.5. The SMILES string of the molecule is Cc1[nH]ncc1CCCNC(=O)N1C[C@@H]2CCC[C@@]2(C(=O)O)C1. The van der Waals surface area contributed by atoms with E-state index in [2.05, 4.69) is 15.5 Å². The summed E-state index contributed by atoms with van der Waals surface area (Å²) in [6, 6.07) is -0.135. The van der Waals surface area contributed by atoms with E-state index in [0.29, 0.717) is 26.1 Å². The van der Waals surface area contributed by atoms with Gasteiger partial charge in [0.2, 0.25) is 0 Å². The molecule has 23 heavy (non-hydrogen) atoms. The summed E-state index contributed by atoms with van der Waals surface area (Å²) in [5.74, 6) is -0.634. The smallest absolute Gasteiger partial charge is 0.317 e. The summed E-state index contributed by atoms with van der Waals surface area (Å²) in [4.78, 5) is 25.6. The minimum atomic E-state index is -0.745. The molecule has 1 aromatic heterocycles. The van der Waals surface area contributed by atoms with E-state index in [4.69, 9.17) is 0 Å². The predicted molar refractivity (Wildman–Crippen MR) is 84.0 cm³/mol. The molecule has 0 aromatic carbocycles. The fourth-order valence-corrected chi connectivity index (χ4v) is 4.01. The second kappa shape index (κ2) is 6.22. The Hall–Kier alpha value is -2.05. The minimum Gasteiger partial charge on any atom is -0.481 e. The van der Waals surface area contributed by atoms with Crippen LogP contribution in [0.15, 0.2) is 6.20 Å². The van der Waals surface area contributed by atoms with Gasteiger partial charge < -0.3 is 15.3 Å². The van der Waals surface area contributed by atoms with Crippen LogP contribution in [-0.2, 0) is 11.2 Å². The lowest BCUT2D eigenvalue weighted by Crippen LogP contribution is -2.42. The maximum absolute atomic E-state index is 12.3. The van der Waals surface area contributed by atoms with Crippen LogP contribution in [-0.4, -0.2) is 51.8 Å². The number of hydrogen-bond acceptors (Lipinski definition) is 3. The summed E-state index contributed by atoms with van der Waals surface area (Å²) < 4.78 is 0. The third-order valence-corrected chi connectivity index (χ3v) is 5.42. The molecule has 3 N–H and O–H groups in total. The predicted octanol–water partition coefficient (Wildman–Crippen LogP) is 1.55. The Morgan fingerprint density at radius 1 is 1.57 bits per heavy atom. The first-order chi connectivity index (χ1) is 11.0. The van der Waals surface area contributed by atoms with E-state index in [-0.39, 0.29) is 11.9 Å². The minimum absolute atomic E-state index is 0.110. The van der Waals surface area contributed by atoms with Gasteiger partial charge in [0.25, 0.3) is 0 Å². The number of aromatic nitrogens is 2. The molecule has 0 unspecified atom stereocenters. The monoisotopic (exact) mass is 320 g/mol. The highest BCUT2D eigenvalue weighted by Crippen LogP contribution is 2.48. The van der Waals surface area contributed by atoms with Gasteiger partial charge in [-0.15, -0.1) is 0 Å². The number of carboxylic acids is 1. The Morgan fingerprint density at radius 3 is 3.04 bits per heavy atom. The summed E-state index contributed by atoms with van der Waals surface area (Å²) in [5.41, 5.74) is 1.53. The van der Waals surface area contributed by atoms with E-state index >= 15 is 0 Å². The number of carboxylic acid groups (broad SMARTS) is 1. The molecule has 7 nitrogen and oxygen atoms in total. The van der Waals surface area contributed by atoms with Crippen molar-refractivity contribution in [3.8, 4) is 0 Å².